The van der Waals surface area contributed by atoms with Crippen LogP contribution in [0.25, 0.3) is 0 Å². The van der Waals surface area contributed by atoms with E-state index in [2.05, 4.69) is 45.0 Å². The fourth-order valence-electron chi connectivity index (χ4n) is 3.09. The van der Waals surface area contributed by atoms with Crippen LogP contribution in [0.3, 0.4) is 0 Å². The van der Waals surface area contributed by atoms with Crippen molar-refractivity contribution in [1.82, 2.24) is 0 Å². The third-order valence-corrected chi connectivity index (χ3v) is 4.67. The van der Waals surface area contributed by atoms with Crippen molar-refractivity contribution in [1.29, 1.82) is 0 Å². The van der Waals surface area contributed by atoms with Crippen molar-refractivity contribution in [2.75, 3.05) is 13.2 Å². The molecule has 1 fully saturated rings. The highest BCUT2D eigenvalue weighted by atomic mass is 16.5. The van der Waals surface area contributed by atoms with Crippen LogP contribution in [0.1, 0.15) is 46.1 Å². The first kappa shape index (κ1) is 14.4. The van der Waals surface area contributed by atoms with Crippen LogP contribution in [-0.4, -0.2) is 13.2 Å². The number of benzene rings is 1. The van der Waals surface area contributed by atoms with Gasteiger partial charge in [-0.3, -0.25) is 0 Å². The molecule has 2 rings (SSSR count). The van der Waals surface area contributed by atoms with Crippen LogP contribution in [0.4, 0.5) is 0 Å². The molecule has 0 atom stereocenters. The third kappa shape index (κ3) is 2.79. The van der Waals surface area contributed by atoms with Crippen LogP contribution >= 0.6 is 0 Å². The highest BCUT2D eigenvalue weighted by Gasteiger charge is 2.48. The molecule has 0 aromatic heterocycles. The summed E-state index contributed by atoms with van der Waals surface area (Å²) in [6.07, 6.45) is 2.42. The maximum absolute atomic E-state index is 6.07. The Balaban J connectivity index is 2.11. The van der Waals surface area contributed by atoms with Gasteiger partial charge in [-0.2, -0.15) is 0 Å². The van der Waals surface area contributed by atoms with E-state index in [1.54, 1.807) is 0 Å². The van der Waals surface area contributed by atoms with Gasteiger partial charge in [-0.15, -0.1) is 0 Å². The minimum Gasteiger partial charge on any atom is -0.494 e. The first-order valence-electron chi connectivity index (χ1n) is 7.35. The molecule has 0 saturated heterocycles. The molecule has 1 aromatic rings. The van der Waals surface area contributed by atoms with Gasteiger partial charge in [-0.25, -0.2) is 0 Å². The molecule has 1 aliphatic rings. The Bertz CT molecular complexity index is 410. The lowest BCUT2D eigenvalue weighted by Crippen LogP contribution is -2.50. The highest BCUT2D eigenvalue weighted by Crippen LogP contribution is 2.53. The molecule has 0 bridgehead atoms. The van der Waals surface area contributed by atoms with Crippen LogP contribution in [0.5, 0.6) is 5.75 Å². The van der Waals surface area contributed by atoms with Gasteiger partial charge in [0.2, 0.25) is 0 Å². The van der Waals surface area contributed by atoms with E-state index in [1.807, 2.05) is 6.92 Å². The van der Waals surface area contributed by atoms with Crippen LogP contribution < -0.4 is 10.5 Å². The number of rotatable bonds is 4. The topological polar surface area (TPSA) is 35.2 Å². The summed E-state index contributed by atoms with van der Waals surface area (Å²) in [5.74, 6) is 1.73. The van der Waals surface area contributed by atoms with Crippen molar-refractivity contribution in [3.8, 4) is 5.75 Å². The maximum Gasteiger partial charge on any atom is 0.119 e. The zero-order valence-electron chi connectivity index (χ0n) is 12.7. The summed E-state index contributed by atoms with van der Waals surface area (Å²) in [6.45, 7) is 10.5. The zero-order chi connectivity index (χ0) is 14.1. The van der Waals surface area contributed by atoms with E-state index in [0.717, 1.165) is 18.2 Å². The fourth-order valence-corrected chi connectivity index (χ4v) is 3.09. The molecule has 0 heterocycles. The van der Waals surface area contributed by atoms with Crippen molar-refractivity contribution in [2.45, 2.75) is 46.0 Å². The van der Waals surface area contributed by atoms with Gasteiger partial charge in [0.25, 0.3) is 0 Å². The van der Waals surface area contributed by atoms with Crippen LogP contribution in [0.2, 0.25) is 0 Å². The molecule has 0 spiro atoms. The standard InChI is InChI=1S/C17H27NO/c1-5-19-15-8-6-13(7-9-15)17(12-18)10-14(11-17)16(2,3)4/h6-9,14H,5,10-12,18H2,1-4H3. The van der Waals surface area contributed by atoms with Crippen LogP contribution in [0.15, 0.2) is 24.3 Å². The largest absolute Gasteiger partial charge is 0.494 e. The molecule has 19 heavy (non-hydrogen) atoms. The second kappa shape index (κ2) is 5.16. The first-order chi connectivity index (χ1) is 8.91. The average Bonchev–Trinajstić information content (AvgIpc) is 2.29. The van der Waals surface area contributed by atoms with Gasteiger partial charge in [0.05, 0.1) is 6.61 Å². The first-order valence-corrected chi connectivity index (χ1v) is 7.35. The molecular formula is C17H27NO. The van der Waals surface area contributed by atoms with E-state index >= 15 is 0 Å². The minimum absolute atomic E-state index is 0.197. The van der Waals surface area contributed by atoms with Crippen molar-refractivity contribution in [3.63, 3.8) is 0 Å². The monoisotopic (exact) mass is 261 g/mol. The van der Waals surface area contributed by atoms with Gasteiger partial charge in [0.1, 0.15) is 5.75 Å². The van der Waals surface area contributed by atoms with Gasteiger partial charge < -0.3 is 10.5 Å². The summed E-state index contributed by atoms with van der Waals surface area (Å²) < 4.78 is 5.50. The Hall–Kier alpha value is -1.02. The second-order valence-corrected chi connectivity index (χ2v) is 6.91. The quantitative estimate of drug-likeness (QED) is 0.896. The molecule has 1 saturated carbocycles. The normalized spacial score (nSPS) is 26.9. The van der Waals surface area contributed by atoms with E-state index in [0.29, 0.717) is 12.0 Å². The van der Waals surface area contributed by atoms with E-state index in [4.69, 9.17) is 10.5 Å². The Morgan fingerprint density at radius 1 is 1.21 bits per heavy atom. The summed E-state index contributed by atoms with van der Waals surface area (Å²) in [5, 5.41) is 0. The number of ether oxygens (including phenoxy) is 1. The van der Waals surface area contributed by atoms with Crippen molar-refractivity contribution < 1.29 is 4.74 Å². The lowest BCUT2D eigenvalue weighted by molar-refractivity contribution is 0.0503. The molecule has 2 heteroatoms. The van der Waals surface area contributed by atoms with Gasteiger partial charge in [0, 0.05) is 12.0 Å². The summed E-state index contributed by atoms with van der Waals surface area (Å²) in [4.78, 5) is 0. The van der Waals surface area contributed by atoms with E-state index in [1.165, 1.54) is 18.4 Å². The van der Waals surface area contributed by atoms with Crippen molar-refractivity contribution >= 4 is 0 Å². The fraction of sp³-hybridized carbons (Fsp3) is 0.647. The highest BCUT2D eigenvalue weighted by molar-refractivity contribution is 5.35. The number of hydrogen-bond acceptors (Lipinski definition) is 2. The summed E-state index contributed by atoms with van der Waals surface area (Å²) >= 11 is 0. The predicted octanol–water partition coefficient (Wildman–Crippen LogP) is 3.74. The lowest BCUT2D eigenvalue weighted by Gasteiger charge is -2.53. The molecule has 1 aromatic carbocycles. The average molecular weight is 261 g/mol. The van der Waals surface area contributed by atoms with Gasteiger partial charge in [0.15, 0.2) is 0 Å². The Morgan fingerprint density at radius 2 is 1.79 bits per heavy atom. The summed E-state index contributed by atoms with van der Waals surface area (Å²) in [6, 6.07) is 8.52. The van der Waals surface area contributed by atoms with Crippen molar-refractivity contribution in [3.05, 3.63) is 29.8 Å². The van der Waals surface area contributed by atoms with Gasteiger partial charge >= 0.3 is 0 Å². The Kier molecular flexibility index (Phi) is 3.91. The molecule has 106 valence electrons. The molecular weight excluding hydrogens is 234 g/mol. The number of hydrogen-bond donors (Lipinski definition) is 1. The zero-order valence-corrected chi connectivity index (χ0v) is 12.7. The molecule has 2 N–H and O–H groups in total. The van der Waals surface area contributed by atoms with Crippen LogP contribution in [-0.2, 0) is 5.41 Å². The lowest BCUT2D eigenvalue weighted by atomic mass is 9.52. The maximum atomic E-state index is 6.07. The van der Waals surface area contributed by atoms with Gasteiger partial charge in [-0.1, -0.05) is 32.9 Å². The predicted molar refractivity (Wildman–Crippen MR) is 80.5 cm³/mol. The SMILES string of the molecule is CCOc1ccc(C2(CN)CC(C(C)(C)C)C2)cc1. The van der Waals surface area contributed by atoms with Gasteiger partial charge in [-0.05, 0) is 48.8 Å². The smallest absolute Gasteiger partial charge is 0.119 e. The molecule has 0 aliphatic heterocycles. The van der Waals surface area contributed by atoms with Crippen LogP contribution in [0, 0.1) is 11.3 Å². The summed E-state index contributed by atoms with van der Waals surface area (Å²) in [7, 11) is 0. The van der Waals surface area contributed by atoms with E-state index in [9.17, 15) is 0 Å². The van der Waals surface area contributed by atoms with Crippen molar-refractivity contribution in [2.24, 2.45) is 17.1 Å². The number of nitrogens with two attached hydrogens (primary N) is 1. The third-order valence-electron chi connectivity index (χ3n) is 4.67. The molecule has 0 radical (unpaired) electrons. The molecule has 0 unspecified atom stereocenters. The molecule has 1 aliphatic carbocycles. The second-order valence-electron chi connectivity index (χ2n) is 6.91. The molecule has 2 nitrogen and oxygen atoms in total. The summed E-state index contributed by atoms with van der Waals surface area (Å²) in [5.41, 5.74) is 8.04. The Labute approximate surface area is 117 Å². The molecule has 0 amide bonds. The minimum atomic E-state index is 0.197. The van der Waals surface area contributed by atoms with E-state index in [-0.39, 0.29) is 5.41 Å². The van der Waals surface area contributed by atoms with E-state index < -0.39 is 0 Å². The Morgan fingerprint density at radius 3 is 2.21 bits per heavy atom.